The van der Waals surface area contributed by atoms with Gasteiger partial charge >= 0.3 is 0 Å². The molecule has 0 saturated heterocycles. The number of carbonyl (C=O) groups excluding carboxylic acids is 1. The van der Waals surface area contributed by atoms with Crippen molar-refractivity contribution in [3.63, 3.8) is 0 Å². The van der Waals surface area contributed by atoms with Crippen LogP contribution in [0, 0.1) is 6.92 Å². The summed E-state index contributed by atoms with van der Waals surface area (Å²) >= 11 is 0.984. The minimum atomic E-state index is -2.65. The van der Waals surface area contributed by atoms with Crippen LogP contribution < -0.4 is 0 Å². The summed E-state index contributed by atoms with van der Waals surface area (Å²) in [7, 11) is 0. The number of alkyl halides is 2. The van der Waals surface area contributed by atoms with E-state index >= 15 is 0 Å². The molecule has 0 amide bonds. The third-order valence-corrected chi connectivity index (χ3v) is 2.01. The van der Waals surface area contributed by atoms with Crippen LogP contribution in [0.1, 0.15) is 26.8 Å². The molecule has 0 radical (unpaired) electrons. The molecule has 0 aliphatic rings. The van der Waals surface area contributed by atoms with Gasteiger partial charge in [0.05, 0.1) is 9.88 Å². The summed E-state index contributed by atoms with van der Waals surface area (Å²) in [6.45, 7) is 1.59. The second kappa shape index (κ2) is 3.04. The number of rotatable bonds is 2. The van der Waals surface area contributed by atoms with Crippen LogP contribution >= 0.6 is 11.3 Å². The van der Waals surface area contributed by atoms with Gasteiger partial charge in [-0.25, -0.2) is 13.8 Å². The molecule has 0 atom stereocenters. The zero-order valence-electron chi connectivity index (χ0n) is 5.67. The third-order valence-electron chi connectivity index (χ3n) is 1.10. The Kier molecular flexibility index (Phi) is 2.28. The molecule has 1 aromatic heterocycles. The van der Waals surface area contributed by atoms with E-state index in [-0.39, 0.29) is 4.88 Å². The van der Waals surface area contributed by atoms with Gasteiger partial charge in [-0.15, -0.1) is 11.3 Å². The Bertz CT molecular complexity index is 272. The molecule has 0 unspecified atom stereocenters. The second-order valence-corrected chi connectivity index (χ2v) is 3.14. The fourth-order valence-electron chi connectivity index (χ4n) is 0.700. The van der Waals surface area contributed by atoms with Gasteiger partial charge < -0.3 is 0 Å². The number of aldehydes is 1. The molecule has 60 valence electrons. The zero-order chi connectivity index (χ0) is 8.43. The van der Waals surface area contributed by atoms with Gasteiger partial charge in [0, 0.05) is 0 Å². The first kappa shape index (κ1) is 8.26. The van der Waals surface area contributed by atoms with Crippen molar-refractivity contribution in [1.29, 1.82) is 0 Å². The van der Waals surface area contributed by atoms with Gasteiger partial charge in [-0.1, -0.05) is 0 Å². The monoisotopic (exact) mass is 177 g/mol. The molecule has 1 heterocycles. The van der Waals surface area contributed by atoms with Gasteiger partial charge in [0.2, 0.25) is 0 Å². The molecule has 0 aromatic carbocycles. The SMILES string of the molecule is Cc1nc(C(F)F)c(C=O)s1. The van der Waals surface area contributed by atoms with Crippen molar-refractivity contribution >= 4 is 17.6 Å². The number of thiazole rings is 1. The number of carbonyl (C=O) groups is 1. The predicted molar refractivity (Wildman–Crippen MR) is 37.2 cm³/mol. The number of aromatic nitrogens is 1. The second-order valence-electron chi connectivity index (χ2n) is 1.90. The van der Waals surface area contributed by atoms with Crippen molar-refractivity contribution in [3.8, 4) is 0 Å². The topological polar surface area (TPSA) is 30.0 Å². The maximum Gasteiger partial charge on any atom is 0.281 e. The van der Waals surface area contributed by atoms with E-state index < -0.39 is 12.1 Å². The maximum absolute atomic E-state index is 12.0. The summed E-state index contributed by atoms with van der Waals surface area (Å²) < 4.78 is 24.0. The lowest BCUT2D eigenvalue weighted by Crippen LogP contribution is -1.88. The van der Waals surface area contributed by atoms with Gasteiger partial charge in [-0.05, 0) is 6.92 Å². The first-order chi connectivity index (χ1) is 5.15. The minimum absolute atomic E-state index is 0.0255. The molecule has 2 nitrogen and oxygen atoms in total. The number of hydrogen-bond acceptors (Lipinski definition) is 3. The fourth-order valence-corrected chi connectivity index (χ4v) is 1.45. The normalized spacial score (nSPS) is 10.5. The lowest BCUT2D eigenvalue weighted by Gasteiger charge is -1.91. The lowest BCUT2D eigenvalue weighted by atomic mass is 10.4. The Balaban J connectivity index is 3.11. The fraction of sp³-hybridized carbons (Fsp3) is 0.333. The summed E-state index contributed by atoms with van der Waals surface area (Å²) in [4.78, 5) is 13.7. The number of aryl methyl sites for hydroxylation is 1. The van der Waals surface area contributed by atoms with E-state index in [1.54, 1.807) is 6.92 Å². The molecule has 1 aromatic rings. The van der Waals surface area contributed by atoms with Crippen molar-refractivity contribution < 1.29 is 13.6 Å². The summed E-state index contributed by atoms with van der Waals surface area (Å²) in [6, 6.07) is 0. The van der Waals surface area contributed by atoms with E-state index in [0.717, 1.165) is 11.3 Å². The Morgan fingerprint density at radius 3 is 2.64 bits per heavy atom. The minimum Gasteiger partial charge on any atom is -0.297 e. The van der Waals surface area contributed by atoms with Crippen molar-refractivity contribution in [2.45, 2.75) is 13.3 Å². The molecule has 0 N–H and O–H groups in total. The highest BCUT2D eigenvalue weighted by Gasteiger charge is 2.16. The average molecular weight is 177 g/mol. The van der Waals surface area contributed by atoms with E-state index in [0.29, 0.717) is 11.3 Å². The van der Waals surface area contributed by atoms with E-state index in [2.05, 4.69) is 4.98 Å². The smallest absolute Gasteiger partial charge is 0.281 e. The summed E-state index contributed by atoms with van der Waals surface area (Å²) in [5.41, 5.74) is -0.400. The van der Waals surface area contributed by atoms with Crippen LogP contribution in [0.25, 0.3) is 0 Å². The van der Waals surface area contributed by atoms with Crippen molar-refractivity contribution in [1.82, 2.24) is 4.98 Å². The van der Waals surface area contributed by atoms with Crippen LogP contribution in [-0.2, 0) is 0 Å². The Morgan fingerprint density at radius 1 is 1.64 bits per heavy atom. The molecule has 0 fully saturated rings. The zero-order valence-corrected chi connectivity index (χ0v) is 6.49. The van der Waals surface area contributed by atoms with E-state index in [4.69, 9.17) is 0 Å². The van der Waals surface area contributed by atoms with E-state index in [1.165, 1.54) is 0 Å². The number of nitrogens with zero attached hydrogens (tertiary/aromatic N) is 1. The molecule has 0 saturated carbocycles. The maximum atomic E-state index is 12.0. The van der Waals surface area contributed by atoms with Crippen molar-refractivity contribution in [2.75, 3.05) is 0 Å². The molecule has 0 bridgehead atoms. The highest BCUT2D eigenvalue weighted by Crippen LogP contribution is 2.25. The largest absolute Gasteiger partial charge is 0.297 e. The van der Waals surface area contributed by atoms with Crippen molar-refractivity contribution in [3.05, 3.63) is 15.6 Å². The summed E-state index contributed by atoms with van der Waals surface area (Å²) in [5, 5.41) is 0.488. The van der Waals surface area contributed by atoms with Crippen LogP contribution in [0.4, 0.5) is 8.78 Å². The highest BCUT2D eigenvalue weighted by atomic mass is 32.1. The van der Waals surface area contributed by atoms with Gasteiger partial charge in [-0.2, -0.15) is 0 Å². The summed E-state index contributed by atoms with van der Waals surface area (Å²) in [6.07, 6.45) is -2.24. The van der Waals surface area contributed by atoms with Crippen LogP contribution in [0.3, 0.4) is 0 Å². The first-order valence-corrected chi connectivity index (χ1v) is 3.67. The van der Waals surface area contributed by atoms with Crippen LogP contribution in [0.5, 0.6) is 0 Å². The molecule has 0 aliphatic carbocycles. The summed E-state index contributed by atoms with van der Waals surface area (Å²) in [5.74, 6) is 0. The van der Waals surface area contributed by atoms with Crippen molar-refractivity contribution in [2.24, 2.45) is 0 Å². The highest BCUT2D eigenvalue weighted by molar-refractivity contribution is 7.13. The molecular weight excluding hydrogens is 172 g/mol. The molecule has 5 heteroatoms. The van der Waals surface area contributed by atoms with E-state index in [1.807, 2.05) is 0 Å². The van der Waals surface area contributed by atoms with Crippen LogP contribution in [0.15, 0.2) is 0 Å². The first-order valence-electron chi connectivity index (χ1n) is 2.85. The lowest BCUT2D eigenvalue weighted by molar-refractivity contribution is 0.110. The Labute approximate surface area is 65.9 Å². The Hall–Kier alpha value is -0.840. The quantitative estimate of drug-likeness (QED) is 0.648. The molecule has 0 aliphatic heterocycles. The molecule has 11 heavy (non-hydrogen) atoms. The van der Waals surface area contributed by atoms with Crippen LogP contribution in [0.2, 0.25) is 0 Å². The van der Waals surface area contributed by atoms with Gasteiger partial charge in [0.25, 0.3) is 6.43 Å². The molecule has 1 rings (SSSR count). The van der Waals surface area contributed by atoms with E-state index in [9.17, 15) is 13.6 Å². The third kappa shape index (κ3) is 1.59. The molecular formula is C6H5F2NOS. The number of hydrogen-bond donors (Lipinski definition) is 0. The standard InChI is InChI=1S/C6H5F2NOS/c1-3-9-5(6(7)8)4(2-10)11-3/h2,6H,1H3. The van der Waals surface area contributed by atoms with Crippen LogP contribution in [-0.4, -0.2) is 11.3 Å². The van der Waals surface area contributed by atoms with Gasteiger partial charge in [0.1, 0.15) is 5.69 Å². The molecule has 0 spiro atoms. The van der Waals surface area contributed by atoms with Gasteiger partial charge in [-0.3, -0.25) is 4.79 Å². The number of halogens is 2. The van der Waals surface area contributed by atoms with Gasteiger partial charge in [0.15, 0.2) is 6.29 Å². The predicted octanol–water partition coefficient (Wildman–Crippen LogP) is 2.20. The Morgan fingerprint density at radius 2 is 2.27 bits per heavy atom. The average Bonchev–Trinajstić information content (AvgIpc) is 2.30.